The third-order valence-corrected chi connectivity index (χ3v) is 5.47. The van der Waals surface area contributed by atoms with Crippen molar-refractivity contribution in [2.24, 2.45) is 11.3 Å². The third-order valence-electron chi connectivity index (χ3n) is 5.47. The lowest BCUT2D eigenvalue weighted by Crippen LogP contribution is -2.44. The van der Waals surface area contributed by atoms with Gasteiger partial charge in [0.25, 0.3) is 5.91 Å². The molecule has 1 aromatic rings. The summed E-state index contributed by atoms with van der Waals surface area (Å²) >= 11 is 0. The molecule has 0 bridgehead atoms. The molecule has 2 atom stereocenters. The molecule has 0 spiro atoms. The molecule has 0 aliphatic carbocycles. The van der Waals surface area contributed by atoms with Crippen LogP contribution in [0.5, 0.6) is 5.75 Å². The molecule has 2 heterocycles. The molecule has 2 amide bonds. The van der Waals surface area contributed by atoms with Crippen LogP contribution in [0.1, 0.15) is 0 Å². The number of hydrogen-bond donors (Lipinski definition) is 0. The largest absolute Gasteiger partial charge is 0.484 e. The lowest BCUT2D eigenvalue weighted by Gasteiger charge is -2.32. The molecule has 27 heavy (non-hydrogen) atoms. The maximum atomic E-state index is 12.7. The number of amides is 2. The summed E-state index contributed by atoms with van der Waals surface area (Å²) in [7, 11) is 5.61. The second-order valence-electron chi connectivity index (χ2n) is 7.88. The molecule has 2 saturated heterocycles. The van der Waals surface area contributed by atoms with Gasteiger partial charge in [-0.2, -0.15) is 0 Å². The maximum absolute atomic E-state index is 12.7. The van der Waals surface area contributed by atoms with Crippen molar-refractivity contribution in [3.05, 3.63) is 30.3 Å². The summed E-state index contributed by atoms with van der Waals surface area (Å²) in [6, 6.07) is 9.38. The van der Waals surface area contributed by atoms with Crippen LogP contribution in [-0.2, 0) is 14.3 Å². The number of nitrogens with zero attached hydrogens (tertiary/aromatic N) is 3. The minimum absolute atomic E-state index is 0.00107. The van der Waals surface area contributed by atoms with E-state index in [0.717, 1.165) is 6.54 Å². The summed E-state index contributed by atoms with van der Waals surface area (Å²) < 4.78 is 10.6. The van der Waals surface area contributed by atoms with Gasteiger partial charge in [0, 0.05) is 51.2 Å². The van der Waals surface area contributed by atoms with E-state index in [1.807, 2.05) is 54.2 Å². The average molecular weight is 375 g/mol. The molecule has 0 aromatic heterocycles. The highest BCUT2D eigenvalue weighted by Crippen LogP contribution is 2.43. The van der Waals surface area contributed by atoms with Gasteiger partial charge in [-0.3, -0.25) is 9.59 Å². The zero-order valence-electron chi connectivity index (χ0n) is 16.4. The number of hydrogen-bond acceptors (Lipinski definition) is 5. The van der Waals surface area contributed by atoms with Gasteiger partial charge in [-0.05, 0) is 26.2 Å². The fraction of sp³-hybridized carbons (Fsp3) is 0.600. The SMILES string of the molecule is COCC(=O)N1C[C@@H]2CN(C(=O)COc3ccccc3)C[C@]2(CN(C)C)C1. The number of methoxy groups -OCH3 is 1. The second-order valence-corrected chi connectivity index (χ2v) is 7.88. The zero-order valence-corrected chi connectivity index (χ0v) is 16.4. The van der Waals surface area contributed by atoms with E-state index in [2.05, 4.69) is 4.90 Å². The molecule has 0 unspecified atom stereocenters. The number of para-hydroxylation sites is 1. The van der Waals surface area contributed by atoms with E-state index >= 15 is 0 Å². The van der Waals surface area contributed by atoms with E-state index in [0.29, 0.717) is 31.9 Å². The Morgan fingerprint density at radius 2 is 1.67 bits per heavy atom. The molecular weight excluding hydrogens is 346 g/mol. The van der Waals surface area contributed by atoms with Gasteiger partial charge < -0.3 is 24.2 Å². The number of fused-ring (bicyclic) bond motifs is 1. The van der Waals surface area contributed by atoms with Crippen molar-refractivity contribution in [1.82, 2.24) is 14.7 Å². The van der Waals surface area contributed by atoms with Crippen LogP contribution >= 0.6 is 0 Å². The van der Waals surface area contributed by atoms with Gasteiger partial charge in [-0.1, -0.05) is 18.2 Å². The fourth-order valence-corrected chi connectivity index (χ4v) is 4.38. The Bertz CT molecular complexity index is 666. The van der Waals surface area contributed by atoms with Crippen molar-refractivity contribution < 1.29 is 19.1 Å². The topological polar surface area (TPSA) is 62.3 Å². The highest BCUT2D eigenvalue weighted by atomic mass is 16.5. The Labute approximate surface area is 160 Å². The lowest BCUT2D eigenvalue weighted by atomic mass is 9.80. The van der Waals surface area contributed by atoms with Crippen LogP contribution in [0.4, 0.5) is 0 Å². The first-order chi connectivity index (χ1) is 12.9. The molecule has 2 aliphatic rings. The number of benzene rings is 1. The minimum atomic E-state index is -0.0880. The van der Waals surface area contributed by atoms with E-state index in [4.69, 9.17) is 9.47 Å². The predicted octanol–water partition coefficient (Wildman–Crippen LogP) is 0.560. The van der Waals surface area contributed by atoms with Gasteiger partial charge in [0.1, 0.15) is 12.4 Å². The Hall–Kier alpha value is -2.12. The van der Waals surface area contributed by atoms with Gasteiger partial charge in [0.15, 0.2) is 6.61 Å². The number of ether oxygens (including phenoxy) is 2. The van der Waals surface area contributed by atoms with E-state index < -0.39 is 0 Å². The molecule has 0 saturated carbocycles. The first kappa shape index (κ1) is 19.6. The number of carbonyl (C=O) groups excluding carboxylic acids is 2. The van der Waals surface area contributed by atoms with E-state index in [-0.39, 0.29) is 36.4 Å². The molecule has 1 aromatic carbocycles. The minimum Gasteiger partial charge on any atom is -0.484 e. The summed E-state index contributed by atoms with van der Waals surface area (Å²) in [6.07, 6.45) is 0. The summed E-state index contributed by atoms with van der Waals surface area (Å²) in [5, 5.41) is 0. The average Bonchev–Trinajstić information content (AvgIpc) is 3.14. The van der Waals surface area contributed by atoms with Crippen LogP contribution in [0.15, 0.2) is 30.3 Å². The second kappa shape index (κ2) is 8.27. The molecule has 7 nitrogen and oxygen atoms in total. The van der Waals surface area contributed by atoms with Crippen LogP contribution in [0.25, 0.3) is 0 Å². The van der Waals surface area contributed by atoms with Crippen LogP contribution in [0.2, 0.25) is 0 Å². The fourth-order valence-electron chi connectivity index (χ4n) is 4.38. The molecule has 148 valence electrons. The third kappa shape index (κ3) is 4.42. The summed E-state index contributed by atoms with van der Waals surface area (Å²) in [5.41, 5.74) is -0.0880. The summed E-state index contributed by atoms with van der Waals surface area (Å²) in [6.45, 7) is 3.67. The van der Waals surface area contributed by atoms with E-state index in [9.17, 15) is 9.59 Å². The summed E-state index contributed by atoms with van der Waals surface area (Å²) in [5.74, 6) is 1.00. The Morgan fingerprint density at radius 1 is 1.07 bits per heavy atom. The predicted molar refractivity (Wildman–Crippen MR) is 101 cm³/mol. The molecule has 0 radical (unpaired) electrons. The van der Waals surface area contributed by atoms with Crippen LogP contribution in [0.3, 0.4) is 0 Å². The zero-order chi connectivity index (χ0) is 19.4. The van der Waals surface area contributed by atoms with E-state index in [1.54, 1.807) is 0 Å². The van der Waals surface area contributed by atoms with Crippen molar-refractivity contribution in [2.45, 2.75) is 0 Å². The van der Waals surface area contributed by atoms with Crippen molar-refractivity contribution in [2.75, 3.05) is 67.1 Å². The normalized spacial score (nSPS) is 24.4. The van der Waals surface area contributed by atoms with Crippen LogP contribution < -0.4 is 4.74 Å². The van der Waals surface area contributed by atoms with Crippen LogP contribution in [-0.4, -0.2) is 93.7 Å². The van der Waals surface area contributed by atoms with Gasteiger partial charge in [-0.15, -0.1) is 0 Å². The van der Waals surface area contributed by atoms with Crippen molar-refractivity contribution in [1.29, 1.82) is 0 Å². The van der Waals surface area contributed by atoms with E-state index in [1.165, 1.54) is 7.11 Å². The highest BCUT2D eigenvalue weighted by Gasteiger charge is 2.54. The number of likely N-dealkylation sites (tertiary alicyclic amines) is 2. The van der Waals surface area contributed by atoms with Gasteiger partial charge in [0.05, 0.1) is 0 Å². The smallest absolute Gasteiger partial charge is 0.260 e. The van der Waals surface area contributed by atoms with Gasteiger partial charge in [-0.25, -0.2) is 0 Å². The molecule has 2 fully saturated rings. The van der Waals surface area contributed by atoms with Gasteiger partial charge >= 0.3 is 0 Å². The van der Waals surface area contributed by atoms with Crippen molar-refractivity contribution in [3.63, 3.8) is 0 Å². The standard InChI is InChI=1S/C20H29N3O4/c1-21(2)13-20-14-22(18(24)11-26-3)9-16(20)10-23(15-20)19(25)12-27-17-7-5-4-6-8-17/h4-8,16H,9-15H2,1-3H3/t16-,20+/m1/s1. The lowest BCUT2D eigenvalue weighted by molar-refractivity contribution is -0.135. The molecular formula is C20H29N3O4. The maximum Gasteiger partial charge on any atom is 0.260 e. The number of carbonyl (C=O) groups is 2. The summed E-state index contributed by atoms with van der Waals surface area (Å²) in [4.78, 5) is 30.9. The van der Waals surface area contributed by atoms with Crippen LogP contribution in [0, 0.1) is 11.3 Å². The molecule has 3 rings (SSSR count). The Morgan fingerprint density at radius 3 is 2.22 bits per heavy atom. The first-order valence-corrected chi connectivity index (χ1v) is 9.30. The molecule has 0 N–H and O–H groups in total. The van der Waals surface area contributed by atoms with Crippen molar-refractivity contribution in [3.8, 4) is 5.75 Å². The number of rotatable bonds is 7. The van der Waals surface area contributed by atoms with Crippen molar-refractivity contribution >= 4 is 11.8 Å². The first-order valence-electron chi connectivity index (χ1n) is 9.30. The molecule has 2 aliphatic heterocycles. The quantitative estimate of drug-likeness (QED) is 0.697. The highest BCUT2D eigenvalue weighted by molar-refractivity contribution is 5.79. The van der Waals surface area contributed by atoms with Gasteiger partial charge in [0.2, 0.25) is 5.91 Å². The molecule has 7 heteroatoms. The monoisotopic (exact) mass is 375 g/mol. The Balaban J connectivity index is 1.63. The Kier molecular flexibility index (Phi) is 6.01.